The van der Waals surface area contributed by atoms with Crippen LogP contribution in [-0.2, 0) is 27.5 Å². The lowest BCUT2D eigenvalue weighted by Gasteiger charge is -2.35. The molecule has 11 heteroatoms. The van der Waals surface area contributed by atoms with Crippen LogP contribution in [0.25, 0.3) is 0 Å². The van der Waals surface area contributed by atoms with Crippen molar-refractivity contribution in [3.8, 4) is 5.75 Å². The summed E-state index contributed by atoms with van der Waals surface area (Å²) in [5.74, 6) is 0.476. The van der Waals surface area contributed by atoms with Crippen molar-refractivity contribution in [3.05, 3.63) is 59.2 Å². The van der Waals surface area contributed by atoms with Gasteiger partial charge in [-0.2, -0.15) is 17.5 Å². The first-order valence-electron chi connectivity index (χ1n) is 14.1. The second-order valence-corrected chi connectivity index (χ2v) is 12.9. The molecule has 7 nitrogen and oxygen atoms in total. The van der Waals surface area contributed by atoms with Gasteiger partial charge in [-0.15, -0.1) is 0 Å². The Morgan fingerprint density at radius 2 is 1.75 bits per heavy atom. The number of ether oxygens (including phenoxy) is 1. The summed E-state index contributed by atoms with van der Waals surface area (Å²) in [6.45, 7) is 3.68. The number of alkyl halides is 3. The quantitative estimate of drug-likeness (QED) is 0.484. The van der Waals surface area contributed by atoms with Crippen LogP contribution < -0.4 is 10.1 Å². The minimum Gasteiger partial charge on any atom is -0.493 e. The maximum atomic E-state index is 13.4. The van der Waals surface area contributed by atoms with Crippen LogP contribution in [-0.4, -0.2) is 55.8 Å². The highest BCUT2D eigenvalue weighted by molar-refractivity contribution is 7.89. The van der Waals surface area contributed by atoms with Gasteiger partial charge in [0.15, 0.2) is 0 Å². The van der Waals surface area contributed by atoms with Crippen molar-refractivity contribution >= 4 is 15.9 Å². The van der Waals surface area contributed by atoms with Crippen molar-refractivity contribution in [3.63, 3.8) is 0 Å². The summed E-state index contributed by atoms with van der Waals surface area (Å²) >= 11 is 0. The fourth-order valence-electron chi connectivity index (χ4n) is 5.99. The van der Waals surface area contributed by atoms with Crippen molar-refractivity contribution in [2.75, 3.05) is 26.2 Å². The van der Waals surface area contributed by atoms with Gasteiger partial charge in [-0.05, 0) is 68.6 Å². The van der Waals surface area contributed by atoms with Crippen LogP contribution in [0.4, 0.5) is 13.2 Å². The second-order valence-electron chi connectivity index (χ2n) is 11.0. The van der Waals surface area contributed by atoms with E-state index in [1.165, 1.54) is 35.2 Å². The van der Waals surface area contributed by atoms with Gasteiger partial charge in [-0.25, -0.2) is 8.42 Å². The van der Waals surface area contributed by atoms with Gasteiger partial charge in [-0.1, -0.05) is 31.0 Å². The van der Waals surface area contributed by atoms with Crippen molar-refractivity contribution in [2.45, 2.75) is 81.1 Å². The van der Waals surface area contributed by atoms with E-state index in [-0.39, 0.29) is 24.9 Å². The number of nitrogens with one attached hydrogen (secondary N) is 1. The summed E-state index contributed by atoms with van der Waals surface area (Å²) in [6, 6.07) is 9.04. The van der Waals surface area contributed by atoms with Crippen molar-refractivity contribution in [2.24, 2.45) is 0 Å². The first-order chi connectivity index (χ1) is 19.1. The summed E-state index contributed by atoms with van der Waals surface area (Å²) in [5, 5.41) is 3.06. The molecule has 0 aliphatic carbocycles. The summed E-state index contributed by atoms with van der Waals surface area (Å²) < 4.78 is 73.6. The van der Waals surface area contributed by atoms with Crippen LogP contribution in [0.5, 0.6) is 5.75 Å². The normalized spacial score (nSPS) is 22.8. The van der Waals surface area contributed by atoms with E-state index in [4.69, 9.17) is 4.74 Å². The Morgan fingerprint density at radius 3 is 2.52 bits per heavy atom. The van der Waals surface area contributed by atoms with Gasteiger partial charge < -0.3 is 10.1 Å². The fraction of sp³-hybridized carbons (Fsp3) is 0.552. The number of sulfonamides is 1. The third kappa shape index (κ3) is 6.63. The molecule has 2 atom stereocenters. The Hall–Kier alpha value is -2.63. The number of benzene rings is 2. The number of fused-ring (bicyclic) bond motifs is 1. The zero-order valence-electron chi connectivity index (χ0n) is 22.5. The predicted molar refractivity (Wildman–Crippen MR) is 144 cm³/mol. The Labute approximate surface area is 233 Å². The number of amides is 1. The van der Waals surface area contributed by atoms with E-state index >= 15 is 0 Å². The number of nitrogens with zero attached hydrogens (tertiary/aromatic N) is 2. The molecule has 5 rings (SSSR count). The van der Waals surface area contributed by atoms with Crippen LogP contribution in [0.3, 0.4) is 0 Å². The molecule has 218 valence electrons. The molecule has 0 radical (unpaired) electrons. The van der Waals surface area contributed by atoms with E-state index in [9.17, 15) is 26.4 Å². The third-order valence-electron chi connectivity index (χ3n) is 8.07. The zero-order chi connectivity index (χ0) is 28.3. The molecule has 2 fully saturated rings. The maximum absolute atomic E-state index is 13.4. The Kier molecular flexibility index (Phi) is 8.72. The minimum absolute atomic E-state index is 0.0576. The first-order valence-corrected chi connectivity index (χ1v) is 15.5. The average molecular weight is 580 g/mol. The predicted octanol–water partition coefficient (Wildman–Crippen LogP) is 5.26. The molecule has 0 bridgehead atoms. The molecule has 1 amide bonds. The molecular weight excluding hydrogens is 543 g/mol. The summed E-state index contributed by atoms with van der Waals surface area (Å²) in [5.41, 5.74) is 1.06. The molecule has 0 saturated carbocycles. The molecule has 2 saturated heterocycles. The van der Waals surface area contributed by atoms with Crippen LogP contribution in [0.2, 0.25) is 0 Å². The van der Waals surface area contributed by atoms with E-state index in [1.54, 1.807) is 0 Å². The van der Waals surface area contributed by atoms with E-state index in [0.29, 0.717) is 31.9 Å². The molecule has 1 N–H and O–H groups in total. The SMILES string of the molecule is O=C(CC1CCCCN1S(=O)(=O)c1cccc(C(F)(F)F)c1)N[C@@H]1CCOc2cc(CN3CCCCC3)ccc21. The van der Waals surface area contributed by atoms with E-state index in [0.717, 1.165) is 49.5 Å². The van der Waals surface area contributed by atoms with Gasteiger partial charge in [0.2, 0.25) is 15.9 Å². The number of carbonyl (C=O) groups excluding carboxylic acids is 1. The highest BCUT2D eigenvalue weighted by atomic mass is 32.2. The number of halogens is 3. The van der Waals surface area contributed by atoms with Crippen molar-refractivity contribution in [1.82, 2.24) is 14.5 Å². The molecule has 3 aliphatic heterocycles. The van der Waals surface area contributed by atoms with Gasteiger partial charge >= 0.3 is 6.18 Å². The smallest absolute Gasteiger partial charge is 0.416 e. The van der Waals surface area contributed by atoms with Gasteiger partial charge in [0, 0.05) is 37.5 Å². The fourth-order valence-corrected chi connectivity index (χ4v) is 7.73. The second kappa shape index (κ2) is 12.1. The number of hydrogen-bond acceptors (Lipinski definition) is 5. The van der Waals surface area contributed by atoms with Crippen LogP contribution in [0, 0.1) is 0 Å². The van der Waals surface area contributed by atoms with Crippen molar-refractivity contribution < 1.29 is 31.1 Å². The van der Waals surface area contributed by atoms with Crippen molar-refractivity contribution in [1.29, 1.82) is 0 Å². The number of rotatable bonds is 7. The Morgan fingerprint density at radius 1 is 0.975 bits per heavy atom. The largest absolute Gasteiger partial charge is 0.493 e. The molecule has 2 aromatic rings. The monoisotopic (exact) mass is 579 g/mol. The highest BCUT2D eigenvalue weighted by Gasteiger charge is 2.37. The molecule has 2 aromatic carbocycles. The van der Waals surface area contributed by atoms with Crippen LogP contribution >= 0.6 is 0 Å². The van der Waals surface area contributed by atoms with Gasteiger partial charge in [0.05, 0.1) is 23.1 Å². The molecule has 3 aliphatic rings. The molecule has 1 unspecified atom stereocenters. The van der Waals surface area contributed by atoms with Gasteiger partial charge in [-0.3, -0.25) is 9.69 Å². The number of piperidine rings is 2. The van der Waals surface area contributed by atoms with Crippen LogP contribution in [0.15, 0.2) is 47.4 Å². The third-order valence-corrected chi connectivity index (χ3v) is 10.0. The van der Waals surface area contributed by atoms with Gasteiger partial charge in [0.25, 0.3) is 0 Å². The maximum Gasteiger partial charge on any atom is 0.416 e. The molecular formula is C29H36F3N3O4S. The Balaban J connectivity index is 1.26. The van der Waals surface area contributed by atoms with E-state index < -0.39 is 32.7 Å². The van der Waals surface area contributed by atoms with Crippen LogP contribution in [0.1, 0.15) is 74.1 Å². The number of likely N-dealkylation sites (tertiary alicyclic amines) is 1. The first kappa shape index (κ1) is 28.9. The Bertz CT molecular complexity index is 1310. The minimum atomic E-state index is -4.65. The summed E-state index contributed by atoms with van der Waals surface area (Å²) in [7, 11) is -4.21. The highest BCUT2D eigenvalue weighted by Crippen LogP contribution is 2.35. The van der Waals surface area contributed by atoms with E-state index in [2.05, 4.69) is 16.3 Å². The lowest BCUT2D eigenvalue weighted by Crippen LogP contribution is -2.46. The molecule has 0 aromatic heterocycles. The number of hydrogen-bond donors (Lipinski definition) is 1. The number of carbonyl (C=O) groups is 1. The zero-order valence-corrected chi connectivity index (χ0v) is 23.3. The average Bonchev–Trinajstić information content (AvgIpc) is 2.93. The standard InChI is InChI=1S/C29H36F3N3O4S/c30-29(31,32)22-7-6-9-24(18-22)40(37,38)35-15-5-2-8-23(35)19-28(36)33-26-12-16-39-27-17-21(10-11-25(26)27)20-34-13-3-1-4-14-34/h6-7,9-11,17-18,23,26H,1-5,8,12-16,19-20H2,(H,33,36)/t23?,26-/m1/s1. The topological polar surface area (TPSA) is 79.0 Å². The lowest BCUT2D eigenvalue weighted by molar-refractivity contribution is -0.137. The summed E-state index contributed by atoms with van der Waals surface area (Å²) in [4.78, 5) is 15.2. The summed E-state index contributed by atoms with van der Waals surface area (Å²) in [6.07, 6.45) is 1.40. The molecule has 40 heavy (non-hydrogen) atoms. The lowest BCUT2D eigenvalue weighted by atomic mass is 9.97. The van der Waals surface area contributed by atoms with Gasteiger partial charge in [0.1, 0.15) is 5.75 Å². The molecule has 3 heterocycles. The molecule has 0 spiro atoms. The van der Waals surface area contributed by atoms with E-state index in [1.807, 2.05) is 12.1 Å².